The van der Waals surface area contributed by atoms with Crippen LogP contribution in [0.25, 0.3) is 0 Å². The molecule has 2 aromatic carbocycles. The summed E-state index contributed by atoms with van der Waals surface area (Å²) in [5.74, 6) is 5.19. The van der Waals surface area contributed by atoms with Gasteiger partial charge in [-0.2, -0.15) is 4.72 Å². The van der Waals surface area contributed by atoms with Gasteiger partial charge in [0.2, 0.25) is 21.8 Å². The summed E-state index contributed by atoms with van der Waals surface area (Å²) >= 11 is 0. The molecular weight excluding hydrogens is 366 g/mol. The predicted molar refractivity (Wildman–Crippen MR) is 104 cm³/mol. The van der Waals surface area contributed by atoms with E-state index in [1.807, 2.05) is 0 Å². The van der Waals surface area contributed by atoms with Crippen LogP contribution in [0.4, 0.5) is 11.4 Å². The maximum atomic E-state index is 12.2. The van der Waals surface area contributed by atoms with Gasteiger partial charge >= 0.3 is 0 Å². The van der Waals surface area contributed by atoms with E-state index >= 15 is 0 Å². The van der Waals surface area contributed by atoms with E-state index in [0.29, 0.717) is 16.9 Å². The Morgan fingerprint density at radius 1 is 0.852 bits per heavy atom. The molecule has 2 rings (SSSR count). The molecule has 140 valence electrons. The SMILES string of the molecule is CC(=O)Nc1ccc(C#CCNS(=O)(=O)c2ccc(NC(C)=O)cc2)cc1. The summed E-state index contributed by atoms with van der Waals surface area (Å²) in [6, 6.07) is 12.7. The van der Waals surface area contributed by atoms with Crippen molar-refractivity contribution in [2.75, 3.05) is 17.2 Å². The molecule has 0 saturated heterocycles. The molecule has 0 bridgehead atoms. The zero-order valence-corrected chi connectivity index (χ0v) is 15.7. The molecule has 0 heterocycles. The average molecular weight is 385 g/mol. The Kier molecular flexibility index (Phi) is 6.71. The van der Waals surface area contributed by atoms with Crippen LogP contribution in [-0.2, 0) is 19.6 Å². The number of hydrogen-bond donors (Lipinski definition) is 3. The zero-order chi connectivity index (χ0) is 19.9. The van der Waals surface area contributed by atoms with Gasteiger partial charge in [0.1, 0.15) is 0 Å². The number of nitrogens with one attached hydrogen (secondary N) is 3. The van der Waals surface area contributed by atoms with Gasteiger partial charge in [0.05, 0.1) is 11.4 Å². The summed E-state index contributed by atoms with van der Waals surface area (Å²) in [5.41, 5.74) is 1.88. The number of carbonyl (C=O) groups is 2. The van der Waals surface area contributed by atoms with Crippen LogP contribution in [0.5, 0.6) is 0 Å². The van der Waals surface area contributed by atoms with E-state index in [9.17, 15) is 18.0 Å². The van der Waals surface area contributed by atoms with Crippen LogP contribution in [-0.4, -0.2) is 26.8 Å². The number of carbonyl (C=O) groups excluding carboxylic acids is 2. The lowest BCUT2D eigenvalue weighted by molar-refractivity contribution is -0.115. The minimum atomic E-state index is -3.69. The fourth-order valence-corrected chi connectivity index (χ4v) is 3.04. The van der Waals surface area contributed by atoms with Crippen molar-refractivity contribution in [3.63, 3.8) is 0 Å². The Bertz CT molecular complexity index is 986. The first-order valence-corrected chi connectivity index (χ1v) is 9.48. The Morgan fingerprint density at radius 2 is 1.33 bits per heavy atom. The van der Waals surface area contributed by atoms with Crippen LogP contribution in [0.2, 0.25) is 0 Å². The molecule has 0 aliphatic rings. The molecule has 0 fully saturated rings. The van der Waals surface area contributed by atoms with Crippen LogP contribution in [0, 0.1) is 11.8 Å². The van der Waals surface area contributed by atoms with Crippen molar-refractivity contribution >= 4 is 33.2 Å². The predicted octanol–water partition coefficient (Wildman–Crippen LogP) is 1.93. The minimum absolute atomic E-state index is 0.0524. The lowest BCUT2D eigenvalue weighted by Crippen LogP contribution is -2.24. The van der Waals surface area contributed by atoms with Gasteiger partial charge in [-0.25, -0.2) is 8.42 Å². The lowest BCUT2D eigenvalue weighted by Gasteiger charge is -2.06. The van der Waals surface area contributed by atoms with Crippen LogP contribution in [0.1, 0.15) is 19.4 Å². The van der Waals surface area contributed by atoms with Gasteiger partial charge in [0.15, 0.2) is 0 Å². The zero-order valence-electron chi connectivity index (χ0n) is 14.9. The number of amides is 2. The van der Waals surface area contributed by atoms with Crippen LogP contribution >= 0.6 is 0 Å². The molecule has 3 N–H and O–H groups in total. The quantitative estimate of drug-likeness (QED) is 0.684. The first-order chi connectivity index (χ1) is 12.8. The Labute approximate surface area is 158 Å². The summed E-state index contributed by atoms with van der Waals surface area (Å²) in [6.45, 7) is 2.74. The molecule has 0 aliphatic heterocycles. The highest BCUT2D eigenvalue weighted by molar-refractivity contribution is 7.89. The first kappa shape index (κ1) is 20.2. The highest BCUT2D eigenvalue weighted by atomic mass is 32.2. The fraction of sp³-hybridized carbons (Fsp3) is 0.158. The number of rotatable bonds is 5. The summed E-state index contributed by atoms with van der Waals surface area (Å²) in [5, 5.41) is 5.22. The van der Waals surface area contributed by atoms with Crippen LogP contribution in [0.15, 0.2) is 53.4 Å². The Morgan fingerprint density at radius 3 is 1.81 bits per heavy atom. The van der Waals surface area contributed by atoms with Gasteiger partial charge in [-0.1, -0.05) is 11.8 Å². The fourth-order valence-electron chi connectivity index (χ4n) is 2.12. The second-order valence-electron chi connectivity index (χ2n) is 5.59. The van der Waals surface area contributed by atoms with E-state index in [2.05, 4.69) is 27.2 Å². The number of benzene rings is 2. The summed E-state index contributed by atoms with van der Waals surface area (Å²) < 4.78 is 26.8. The van der Waals surface area contributed by atoms with E-state index in [1.54, 1.807) is 24.3 Å². The molecule has 7 nitrogen and oxygen atoms in total. The highest BCUT2D eigenvalue weighted by Gasteiger charge is 2.12. The van der Waals surface area contributed by atoms with Crippen LogP contribution in [0.3, 0.4) is 0 Å². The highest BCUT2D eigenvalue weighted by Crippen LogP contribution is 2.13. The van der Waals surface area contributed by atoms with E-state index in [4.69, 9.17) is 0 Å². The number of anilines is 2. The first-order valence-electron chi connectivity index (χ1n) is 8.00. The van der Waals surface area contributed by atoms with Crippen molar-refractivity contribution in [2.45, 2.75) is 18.7 Å². The maximum absolute atomic E-state index is 12.2. The third-order valence-electron chi connectivity index (χ3n) is 3.27. The van der Waals surface area contributed by atoms with Crippen molar-refractivity contribution in [2.24, 2.45) is 0 Å². The normalized spacial score (nSPS) is 10.4. The maximum Gasteiger partial charge on any atom is 0.241 e. The van der Waals surface area contributed by atoms with Gasteiger partial charge in [-0.05, 0) is 48.5 Å². The van der Waals surface area contributed by atoms with Gasteiger partial charge in [-0.15, -0.1) is 0 Å². The molecule has 0 aliphatic carbocycles. The second kappa shape index (κ2) is 8.98. The van der Waals surface area contributed by atoms with E-state index in [1.165, 1.54) is 38.1 Å². The molecule has 0 unspecified atom stereocenters. The molecular formula is C19H19N3O4S. The van der Waals surface area contributed by atoms with Crippen molar-refractivity contribution in [1.29, 1.82) is 0 Å². The largest absolute Gasteiger partial charge is 0.326 e. The Hall–Kier alpha value is -3.15. The molecule has 8 heteroatoms. The molecule has 0 radical (unpaired) electrons. The summed E-state index contributed by atoms with van der Waals surface area (Å²) in [6.07, 6.45) is 0. The van der Waals surface area contributed by atoms with Crippen LogP contribution < -0.4 is 15.4 Å². The third kappa shape index (κ3) is 6.58. The van der Waals surface area contributed by atoms with Gasteiger partial charge < -0.3 is 10.6 Å². The van der Waals surface area contributed by atoms with Gasteiger partial charge in [0, 0.05) is 30.8 Å². The van der Waals surface area contributed by atoms with Gasteiger partial charge in [-0.3, -0.25) is 9.59 Å². The molecule has 0 aromatic heterocycles. The minimum Gasteiger partial charge on any atom is -0.326 e. The van der Waals surface area contributed by atoms with E-state index in [-0.39, 0.29) is 23.3 Å². The van der Waals surface area contributed by atoms with Crippen molar-refractivity contribution in [3.05, 3.63) is 54.1 Å². The average Bonchev–Trinajstić information content (AvgIpc) is 2.59. The molecule has 2 amide bonds. The number of hydrogen-bond acceptors (Lipinski definition) is 4. The molecule has 2 aromatic rings. The molecule has 0 atom stereocenters. The van der Waals surface area contributed by atoms with Gasteiger partial charge in [0.25, 0.3) is 0 Å². The third-order valence-corrected chi connectivity index (χ3v) is 4.69. The summed E-state index contributed by atoms with van der Waals surface area (Å²) in [4.78, 5) is 22.0. The monoisotopic (exact) mass is 385 g/mol. The molecule has 0 spiro atoms. The van der Waals surface area contributed by atoms with Crippen molar-refractivity contribution in [1.82, 2.24) is 4.72 Å². The summed E-state index contributed by atoms with van der Waals surface area (Å²) in [7, 11) is -3.69. The smallest absolute Gasteiger partial charge is 0.241 e. The topological polar surface area (TPSA) is 104 Å². The van der Waals surface area contributed by atoms with E-state index < -0.39 is 10.0 Å². The van der Waals surface area contributed by atoms with Crippen molar-refractivity contribution in [3.8, 4) is 11.8 Å². The second-order valence-corrected chi connectivity index (χ2v) is 7.36. The standard InChI is InChI=1S/C19H19N3O4S/c1-14(23)21-17-7-5-16(6-8-17)4-3-13-20-27(25,26)19-11-9-18(10-12-19)22-15(2)24/h5-12,20H,13H2,1-2H3,(H,21,23)(H,22,24). The lowest BCUT2D eigenvalue weighted by atomic mass is 10.2. The van der Waals surface area contributed by atoms with Crippen molar-refractivity contribution < 1.29 is 18.0 Å². The Balaban J connectivity index is 1.95. The molecule has 0 saturated carbocycles. The molecule has 27 heavy (non-hydrogen) atoms. The number of sulfonamides is 1. The van der Waals surface area contributed by atoms with E-state index in [0.717, 1.165) is 0 Å².